The van der Waals surface area contributed by atoms with Gasteiger partial charge in [0.1, 0.15) is 11.5 Å². The predicted octanol–water partition coefficient (Wildman–Crippen LogP) is 2.53. The third-order valence-corrected chi connectivity index (χ3v) is 3.64. The molecule has 2 aliphatic rings. The van der Waals surface area contributed by atoms with Crippen LogP contribution in [0.2, 0.25) is 0 Å². The number of nitrogens with one attached hydrogen (secondary N) is 1. The highest BCUT2D eigenvalue weighted by Crippen LogP contribution is 2.36. The Balaban J connectivity index is 2.01. The maximum Gasteiger partial charge on any atom is 0.244 e. The van der Waals surface area contributed by atoms with Gasteiger partial charge in [-0.25, -0.2) is 4.39 Å². The zero-order valence-electron chi connectivity index (χ0n) is 9.58. The standard InChI is InChI=1S/C13H15FN2O/c14-10-6-3-7-11-13(10)15-12(17)8-16(11)9-4-1-2-5-9/h3,6-7,9H,1-2,4-5,8H2,(H,15,17). The van der Waals surface area contributed by atoms with E-state index in [1.807, 2.05) is 6.07 Å². The molecule has 0 saturated heterocycles. The fourth-order valence-electron chi connectivity index (χ4n) is 2.84. The molecule has 0 radical (unpaired) electrons. The van der Waals surface area contributed by atoms with E-state index in [-0.39, 0.29) is 11.7 Å². The first kappa shape index (κ1) is 10.6. The minimum Gasteiger partial charge on any atom is -0.357 e. The molecule has 1 saturated carbocycles. The average Bonchev–Trinajstić information content (AvgIpc) is 2.83. The van der Waals surface area contributed by atoms with Crippen molar-refractivity contribution in [3.05, 3.63) is 24.0 Å². The molecule has 0 spiro atoms. The highest BCUT2D eigenvalue weighted by atomic mass is 19.1. The molecule has 1 aliphatic heterocycles. The quantitative estimate of drug-likeness (QED) is 0.809. The Bertz CT molecular complexity index is 455. The molecule has 0 atom stereocenters. The minimum absolute atomic E-state index is 0.116. The van der Waals surface area contributed by atoms with E-state index in [9.17, 15) is 9.18 Å². The SMILES string of the molecule is O=C1CN(C2CCCC2)c2cccc(F)c2N1. The van der Waals surface area contributed by atoms with E-state index < -0.39 is 0 Å². The zero-order chi connectivity index (χ0) is 11.8. The Morgan fingerprint density at radius 1 is 1.29 bits per heavy atom. The summed E-state index contributed by atoms with van der Waals surface area (Å²) in [5, 5.41) is 2.63. The van der Waals surface area contributed by atoms with Gasteiger partial charge in [0.15, 0.2) is 0 Å². The molecule has 0 unspecified atom stereocenters. The van der Waals surface area contributed by atoms with Crippen LogP contribution in [-0.2, 0) is 4.79 Å². The number of amides is 1. The van der Waals surface area contributed by atoms with Gasteiger partial charge in [-0.1, -0.05) is 18.9 Å². The van der Waals surface area contributed by atoms with Crippen molar-refractivity contribution in [2.24, 2.45) is 0 Å². The van der Waals surface area contributed by atoms with E-state index in [4.69, 9.17) is 0 Å². The molecule has 90 valence electrons. The summed E-state index contributed by atoms with van der Waals surface area (Å²) in [6.07, 6.45) is 4.60. The molecule has 1 amide bonds. The molecule has 1 aromatic carbocycles. The Hall–Kier alpha value is -1.58. The topological polar surface area (TPSA) is 32.3 Å². The highest BCUT2D eigenvalue weighted by Gasteiger charge is 2.30. The number of hydrogen-bond acceptors (Lipinski definition) is 2. The van der Waals surface area contributed by atoms with Gasteiger partial charge >= 0.3 is 0 Å². The van der Waals surface area contributed by atoms with Crippen molar-refractivity contribution < 1.29 is 9.18 Å². The van der Waals surface area contributed by atoms with Gasteiger partial charge in [0, 0.05) is 6.04 Å². The number of carbonyl (C=O) groups excluding carboxylic acids is 1. The minimum atomic E-state index is -0.349. The molecular weight excluding hydrogens is 219 g/mol. The van der Waals surface area contributed by atoms with Crippen molar-refractivity contribution >= 4 is 17.3 Å². The van der Waals surface area contributed by atoms with Crippen LogP contribution in [0.3, 0.4) is 0 Å². The number of carbonyl (C=O) groups is 1. The Kier molecular flexibility index (Phi) is 2.50. The summed E-state index contributed by atoms with van der Waals surface area (Å²) in [6, 6.07) is 5.36. The Morgan fingerprint density at radius 3 is 2.82 bits per heavy atom. The molecule has 3 nitrogen and oxygen atoms in total. The van der Waals surface area contributed by atoms with E-state index in [1.165, 1.54) is 18.9 Å². The van der Waals surface area contributed by atoms with Crippen molar-refractivity contribution in [1.29, 1.82) is 0 Å². The number of hydrogen-bond donors (Lipinski definition) is 1. The molecule has 0 bridgehead atoms. The zero-order valence-corrected chi connectivity index (χ0v) is 9.58. The second-order valence-electron chi connectivity index (χ2n) is 4.75. The van der Waals surface area contributed by atoms with E-state index in [0.29, 0.717) is 18.3 Å². The molecule has 1 heterocycles. The summed E-state index contributed by atoms with van der Waals surface area (Å²) in [5.41, 5.74) is 1.17. The van der Waals surface area contributed by atoms with Crippen LogP contribution in [0.4, 0.5) is 15.8 Å². The van der Waals surface area contributed by atoms with E-state index >= 15 is 0 Å². The molecule has 3 rings (SSSR count). The van der Waals surface area contributed by atoms with E-state index in [0.717, 1.165) is 18.5 Å². The van der Waals surface area contributed by atoms with Gasteiger partial charge in [0.2, 0.25) is 5.91 Å². The summed E-state index contributed by atoms with van der Waals surface area (Å²) in [5.74, 6) is -0.465. The second-order valence-corrected chi connectivity index (χ2v) is 4.75. The van der Waals surface area contributed by atoms with Crippen molar-refractivity contribution in [1.82, 2.24) is 0 Å². The molecule has 1 aromatic rings. The van der Waals surface area contributed by atoms with Crippen molar-refractivity contribution in [3.8, 4) is 0 Å². The molecule has 17 heavy (non-hydrogen) atoms. The smallest absolute Gasteiger partial charge is 0.244 e. The van der Waals surface area contributed by atoms with Crippen LogP contribution in [0.5, 0.6) is 0 Å². The van der Waals surface area contributed by atoms with E-state index in [1.54, 1.807) is 6.07 Å². The number of rotatable bonds is 1. The first-order chi connectivity index (χ1) is 8.25. The van der Waals surface area contributed by atoms with Crippen molar-refractivity contribution in [2.45, 2.75) is 31.7 Å². The normalized spacial score (nSPS) is 20.3. The van der Waals surface area contributed by atoms with Crippen LogP contribution in [-0.4, -0.2) is 18.5 Å². The summed E-state index contributed by atoms with van der Waals surface area (Å²) in [6.45, 7) is 0.348. The summed E-state index contributed by atoms with van der Waals surface area (Å²) < 4.78 is 13.7. The maximum atomic E-state index is 13.7. The van der Waals surface area contributed by atoms with Crippen LogP contribution in [0.1, 0.15) is 25.7 Å². The fourth-order valence-corrected chi connectivity index (χ4v) is 2.84. The number of halogens is 1. The van der Waals surface area contributed by atoms with Gasteiger partial charge in [-0.3, -0.25) is 4.79 Å². The number of fused-ring (bicyclic) bond motifs is 1. The van der Waals surface area contributed by atoms with Crippen LogP contribution in [0, 0.1) is 5.82 Å². The summed E-state index contributed by atoms with van der Waals surface area (Å²) in [7, 11) is 0. The van der Waals surface area contributed by atoms with Gasteiger partial charge < -0.3 is 10.2 Å². The summed E-state index contributed by atoms with van der Waals surface area (Å²) in [4.78, 5) is 13.7. The first-order valence-corrected chi connectivity index (χ1v) is 6.11. The molecule has 1 N–H and O–H groups in total. The number of anilines is 2. The highest BCUT2D eigenvalue weighted by molar-refractivity contribution is 6.01. The third kappa shape index (κ3) is 1.77. The van der Waals surface area contributed by atoms with Gasteiger partial charge in [-0.05, 0) is 25.0 Å². The molecule has 1 fully saturated rings. The lowest BCUT2D eigenvalue weighted by Gasteiger charge is -2.35. The lowest BCUT2D eigenvalue weighted by atomic mass is 10.1. The Morgan fingerprint density at radius 2 is 2.06 bits per heavy atom. The largest absolute Gasteiger partial charge is 0.357 e. The number of benzene rings is 1. The van der Waals surface area contributed by atoms with E-state index in [2.05, 4.69) is 10.2 Å². The van der Waals surface area contributed by atoms with Gasteiger partial charge in [-0.2, -0.15) is 0 Å². The van der Waals surface area contributed by atoms with Gasteiger partial charge in [0.05, 0.1) is 12.2 Å². The lowest BCUT2D eigenvalue weighted by Crippen LogP contribution is -2.43. The van der Waals surface area contributed by atoms with Crippen molar-refractivity contribution in [2.75, 3.05) is 16.8 Å². The number of nitrogens with zero attached hydrogens (tertiary/aromatic N) is 1. The molecule has 0 aromatic heterocycles. The van der Waals surface area contributed by atoms with Gasteiger partial charge in [-0.15, -0.1) is 0 Å². The monoisotopic (exact) mass is 234 g/mol. The van der Waals surface area contributed by atoms with Crippen molar-refractivity contribution in [3.63, 3.8) is 0 Å². The summed E-state index contributed by atoms with van der Waals surface area (Å²) >= 11 is 0. The maximum absolute atomic E-state index is 13.7. The van der Waals surface area contributed by atoms with Crippen LogP contribution in [0.15, 0.2) is 18.2 Å². The third-order valence-electron chi connectivity index (χ3n) is 3.64. The predicted molar refractivity (Wildman–Crippen MR) is 64.6 cm³/mol. The first-order valence-electron chi connectivity index (χ1n) is 6.11. The number of para-hydroxylation sites is 1. The Labute approximate surface area is 99.6 Å². The van der Waals surface area contributed by atoms with Crippen LogP contribution >= 0.6 is 0 Å². The molecule has 1 aliphatic carbocycles. The second kappa shape index (κ2) is 4.02. The van der Waals surface area contributed by atoms with Crippen LogP contribution < -0.4 is 10.2 Å². The van der Waals surface area contributed by atoms with Crippen LogP contribution in [0.25, 0.3) is 0 Å². The van der Waals surface area contributed by atoms with Gasteiger partial charge in [0.25, 0.3) is 0 Å². The molecular formula is C13H15FN2O. The average molecular weight is 234 g/mol. The fraction of sp³-hybridized carbons (Fsp3) is 0.462. The lowest BCUT2D eigenvalue weighted by molar-refractivity contribution is -0.115. The molecule has 4 heteroatoms.